The molecule has 2 rings (SSSR count). The molecule has 12 heteroatoms. The van der Waals surface area contributed by atoms with Crippen LogP contribution in [0.3, 0.4) is 0 Å². The summed E-state index contributed by atoms with van der Waals surface area (Å²) >= 11 is 11.3. The van der Waals surface area contributed by atoms with Crippen molar-refractivity contribution in [1.29, 1.82) is 0 Å². The van der Waals surface area contributed by atoms with Crippen molar-refractivity contribution in [2.45, 2.75) is 17.2 Å². The number of alkyl halides is 6. The smallest absolute Gasteiger partial charge is 0.280 e. The zero-order valence-electron chi connectivity index (χ0n) is 12.2. The van der Waals surface area contributed by atoms with Gasteiger partial charge in [-0.05, 0) is 36.4 Å². The highest BCUT2D eigenvalue weighted by Gasteiger charge is 2.38. The Kier molecular flexibility index (Phi) is 5.42. The van der Waals surface area contributed by atoms with Gasteiger partial charge in [-0.15, -0.1) is 0 Å². The van der Waals surface area contributed by atoms with Crippen LogP contribution in [0.1, 0.15) is 11.1 Å². The third kappa shape index (κ3) is 4.74. The lowest BCUT2D eigenvalue weighted by molar-refractivity contribution is -0.143. The van der Waals surface area contributed by atoms with Gasteiger partial charge >= 0.3 is 12.4 Å². The molecule has 0 unspecified atom stereocenters. The minimum atomic E-state index is -5.17. The number of hydrogen-bond donors (Lipinski definition) is 1. The molecule has 0 aromatic heterocycles. The monoisotopic (exact) mass is 437 g/mol. The SMILES string of the molecule is O=S(=O)(Nc1ccc(Cl)c(Cl)c1)c1cc(C(F)(F)F)cc(C(F)(F)F)c1. The molecule has 0 aliphatic carbocycles. The van der Waals surface area contributed by atoms with Crippen LogP contribution >= 0.6 is 23.2 Å². The van der Waals surface area contributed by atoms with E-state index in [2.05, 4.69) is 0 Å². The summed E-state index contributed by atoms with van der Waals surface area (Å²) in [7, 11) is -4.76. The summed E-state index contributed by atoms with van der Waals surface area (Å²) in [5, 5.41) is 0.0138. The first-order valence-electron chi connectivity index (χ1n) is 6.47. The van der Waals surface area contributed by atoms with Crippen molar-refractivity contribution >= 4 is 38.9 Å². The molecule has 0 saturated carbocycles. The van der Waals surface area contributed by atoms with Gasteiger partial charge in [-0.1, -0.05) is 23.2 Å². The van der Waals surface area contributed by atoms with Gasteiger partial charge in [0, 0.05) is 0 Å². The molecule has 0 aliphatic heterocycles. The van der Waals surface area contributed by atoms with E-state index in [1.807, 2.05) is 4.72 Å². The van der Waals surface area contributed by atoms with Gasteiger partial charge in [-0.2, -0.15) is 26.3 Å². The van der Waals surface area contributed by atoms with Crippen molar-refractivity contribution in [1.82, 2.24) is 0 Å². The van der Waals surface area contributed by atoms with Gasteiger partial charge in [0.2, 0.25) is 0 Å². The van der Waals surface area contributed by atoms with Gasteiger partial charge in [-0.3, -0.25) is 4.72 Å². The molecule has 0 aliphatic rings. The van der Waals surface area contributed by atoms with Crippen molar-refractivity contribution in [3.63, 3.8) is 0 Å². The van der Waals surface area contributed by atoms with E-state index in [-0.39, 0.29) is 33.9 Å². The average molecular weight is 438 g/mol. The summed E-state index contributed by atoms with van der Waals surface area (Å²) < 4.78 is 103. The molecule has 0 radical (unpaired) electrons. The highest BCUT2D eigenvalue weighted by Crippen LogP contribution is 2.37. The van der Waals surface area contributed by atoms with E-state index in [4.69, 9.17) is 23.2 Å². The first-order chi connectivity index (χ1) is 11.7. The maximum Gasteiger partial charge on any atom is 0.416 e. The predicted molar refractivity (Wildman–Crippen MR) is 83.7 cm³/mol. The van der Waals surface area contributed by atoms with E-state index in [1.165, 1.54) is 6.07 Å². The van der Waals surface area contributed by atoms with Crippen LogP contribution in [-0.2, 0) is 22.4 Å². The minimum Gasteiger partial charge on any atom is -0.280 e. The minimum absolute atomic E-state index is 0.0631. The fourth-order valence-corrected chi connectivity index (χ4v) is 3.27. The Morgan fingerprint density at radius 2 is 1.27 bits per heavy atom. The number of rotatable bonds is 3. The Morgan fingerprint density at radius 3 is 1.69 bits per heavy atom. The van der Waals surface area contributed by atoms with Gasteiger partial charge in [0.05, 0.1) is 31.8 Å². The summed E-state index contributed by atoms with van der Waals surface area (Å²) in [6.45, 7) is 0. The molecular formula is C14H7Cl2F6NO2S. The molecule has 26 heavy (non-hydrogen) atoms. The average Bonchev–Trinajstić information content (AvgIpc) is 2.48. The van der Waals surface area contributed by atoms with Gasteiger partial charge in [0.15, 0.2) is 0 Å². The first kappa shape index (κ1) is 20.7. The lowest BCUT2D eigenvalue weighted by Crippen LogP contribution is -2.17. The summed E-state index contributed by atoms with van der Waals surface area (Å²) in [6, 6.07) is 3.45. The zero-order valence-corrected chi connectivity index (χ0v) is 14.5. The number of nitrogens with one attached hydrogen (secondary N) is 1. The summed E-state index contributed by atoms with van der Waals surface area (Å²) in [4.78, 5) is -1.20. The van der Waals surface area contributed by atoms with Crippen LogP contribution in [-0.4, -0.2) is 8.42 Å². The number of halogens is 8. The number of hydrogen-bond acceptors (Lipinski definition) is 2. The van der Waals surface area contributed by atoms with E-state index in [0.717, 1.165) is 12.1 Å². The maximum atomic E-state index is 12.8. The van der Waals surface area contributed by atoms with E-state index in [0.29, 0.717) is 0 Å². The molecule has 0 saturated heterocycles. The maximum absolute atomic E-state index is 12.8. The van der Waals surface area contributed by atoms with E-state index in [1.54, 1.807) is 0 Å². The second-order valence-corrected chi connectivity index (χ2v) is 7.47. The lowest BCUT2D eigenvalue weighted by atomic mass is 10.1. The molecule has 2 aromatic carbocycles. The van der Waals surface area contributed by atoms with Crippen LogP contribution < -0.4 is 4.72 Å². The molecule has 3 nitrogen and oxygen atoms in total. The van der Waals surface area contributed by atoms with Crippen molar-refractivity contribution in [3.8, 4) is 0 Å². The Balaban J connectivity index is 2.55. The molecule has 0 bridgehead atoms. The van der Waals surface area contributed by atoms with Gasteiger partial charge in [0.25, 0.3) is 10.0 Å². The topological polar surface area (TPSA) is 46.2 Å². The lowest BCUT2D eigenvalue weighted by Gasteiger charge is -2.15. The Labute approximate surface area is 153 Å². The normalized spacial score (nSPS) is 12.9. The molecule has 0 atom stereocenters. The molecule has 0 spiro atoms. The molecule has 0 amide bonds. The van der Waals surface area contributed by atoms with Crippen LogP contribution in [0.5, 0.6) is 0 Å². The van der Waals surface area contributed by atoms with E-state index in [9.17, 15) is 34.8 Å². The van der Waals surface area contributed by atoms with Crippen molar-refractivity contribution in [3.05, 3.63) is 57.6 Å². The molecule has 2 aromatic rings. The van der Waals surface area contributed by atoms with Gasteiger partial charge < -0.3 is 0 Å². The molecule has 0 fully saturated rings. The number of sulfonamides is 1. The molecule has 1 N–H and O–H groups in total. The molecule has 0 heterocycles. The zero-order chi connectivity index (χ0) is 19.9. The fraction of sp³-hybridized carbons (Fsp3) is 0.143. The van der Waals surface area contributed by atoms with Crippen molar-refractivity contribution < 1.29 is 34.8 Å². The molecular weight excluding hydrogens is 431 g/mol. The first-order valence-corrected chi connectivity index (χ1v) is 8.71. The Morgan fingerprint density at radius 1 is 0.769 bits per heavy atom. The Bertz CT molecular complexity index is 909. The highest BCUT2D eigenvalue weighted by molar-refractivity contribution is 7.92. The summed E-state index contributed by atoms with van der Waals surface area (Å²) in [5.74, 6) is 0. The van der Waals surface area contributed by atoms with Crippen LogP contribution in [0.2, 0.25) is 10.0 Å². The van der Waals surface area contributed by atoms with Crippen LogP contribution in [0.25, 0.3) is 0 Å². The van der Waals surface area contributed by atoms with Crippen LogP contribution in [0.4, 0.5) is 32.0 Å². The van der Waals surface area contributed by atoms with Crippen LogP contribution in [0, 0.1) is 0 Å². The third-order valence-corrected chi connectivity index (χ3v) is 5.14. The number of anilines is 1. The highest BCUT2D eigenvalue weighted by atomic mass is 35.5. The fourth-order valence-electron chi connectivity index (χ4n) is 1.86. The van der Waals surface area contributed by atoms with Crippen LogP contribution in [0.15, 0.2) is 41.3 Å². The second-order valence-electron chi connectivity index (χ2n) is 4.98. The third-order valence-electron chi connectivity index (χ3n) is 3.04. The van der Waals surface area contributed by atoms with Gasteiger partial charge in [-0.25, -0.2) is 8.42 Å². The number of benzene rings is 2. The molecule has 142 valence electrons. The predicted octanol–water partition coefficient (Wildman–Crippen LogP) is 5.83. The summed E-state index contributed by atoms with van der Waals surface area (Å²) in [6.07, 6.45) is -10.3. The van der Waals surface area contributed by atoms with Crippen molar-refractivity contribution in [2.75, 3.05) is 4.72 Å². The van der Waals surface area contributed by atoms with Crippen molar-refractivity contribution in [2.24, 2.45) is 0 Å². The van der Waals surface area contributed by atoms with Gasteiger partial charge in [0.1, 0.15) is 0 Å². The standard InChI is InChI=1S/C14H7Cl2F6NO2S/c15-11-2-1-9(6-12(11)16)23-26(24,25)10-4-7(13(17,18)19)3-8(5-10)14(20,21)22/h1-6,23H. The quantitative estimate of drug-likeness (QED) is 0.613. The van der Waals surface area contributed by atoms with E-state index < -0.39 is 38.4 Å². The van der Waals surface area contributed by atoms with E-state index >= 15 is 0 Å². The largest absolute Gasteiger partial charge is 0.416 e. The summed E-state index contributed by atoms with van der Waals surface area (Å²) in [5.41, 5.74) is -3.69. The second kappa shape index (κ2) is 6.82. The Hall–Kier alpha value is -1.65.